The fraction of sp³-hybridized carbons (Fsp3) is 0.500. The molecule has 24 heavy (non-hydrogen) atoms. The quantitative estimate of drug-likeness (QED) is 0.908. The lowest BCUT2D eigenvalue weighted by atomic mass is 9.78. The SMILES string of the molecule is COc1ccc2c(CN3CCC(C(C)(C)C(=O)O)C3)ccnc2n1. The average molecular weight is 329 g/mol. The van der Waals surface area contributed by atoms with Gasteiger partial charge in [0.1, 0.15) is 0 Å². The van der Waals surface area contributed by atoms with Crippen molar-refractivity contribution < 1.29 is 14.6 Å². The Bertz CT molecular complexity index is 760. The van der Waals surface area contributed by atoms with Crippen LogP contribution in [0.3, 0.4) is 0 Å². The fourth-order valence-corrected chi connectivity index (χ4v) is 3.30. The highest BCUT2D eigenvalue weighted by Crippen LogP contribution is 2.35. The van der Waals surface area contributed by atoms with Crippen molar-refractivity contribution in [2.45, 2.75) is 26.8 Å². The van der Waals surface area contributed by atoms with Gasteiger partial charge in [-0.05, 0) is 50.4 Å². The van der Waals surface area contributed by atoms with Crippen LogP contribution in [0.1, 0.15) is 25.8 Å². The van der Waals surface area contributed by atoms with Crippen molar-refractivity contribution >= 4 is 17.0 Å². The smallest absolute Gasteiger partial charge is 0.309 e. The summed E-state index contributed by atoms with van der Waals surface area (Å²) in [6.45, 7) is 6.13. The van der Waals surface area contributed by atoms with Crippen LogP contribution in [0.4, 0.5) is 0 Å². The molecule has 1 aliphatic rings. The molecule has 3 heterocycles. The van der Waals surface area contributed by atoms with E-state index in [0.717, 1.165) is 37.0 Å². The molecule has 1 fully saturated rings. The first-order valence-corrected chi connectivity index (χ1v) is 8.16. The van der Waals surface area contributed by atoms with E-state index in [4.69, 9.17) is 4.74 Å². The van der Waals surface area contributed by atoms with Crippen molar-refractivity contribution in [2.24, 2.45) is 11.3 Å². The van der Waals surface area contributed by atoms with Gasteiger partial charge in [0.2, 0.25) is 5.88 Å². The standard InChI is InChI=1S/C18H23N3O3/c1-18(2,17(22)23)13-7-9-21(11-13)10-12-6-8-19-16-14(12)4-5-15(20-16)24-3/h4-6,8,13H,7,9-11H2,1-3H3,(H,22,23). The third-order valence-corrected chi connectivity index (χ3v) is 5.12. The number of aliphatic carboxylic acids is 1. The summed E-state index contributed by atoms with van der Waals surface area (Å²) in [4.78, 5) is 22.5. The first-order chi connectivity index (χ1) is 11.4. The molecule has 128 valence electrons. The van der Waals surface area contributed by atoms with Crippen LogP contribution in [0, 0.1) is 11.3 Å². The van der Waals surface area contributed by atoms with E-state index in [1.165, 1.54) is 0 Å². The minimum absolute atomic E-state index is 0.168. The van der Waals surface area contributed by atoms with Crippen LogP contribution in [0.25, 0.3) is 11.0 Å². The van der Waals surface area contributed by atoms with Gasteiger partial charge in [-0.2, -0.15) is 4.98 Å². The van der Waals surface area contributed by atoms with Gasteiger partial charge in [-0.25, -0.2) is 4.98 Å². The Morgan fingerprint density at radius 1 is 1.42 bits per heavy atom. The van der Waals surface area contributed by atoms with E-state index < -0.39 is 11.4 Å². The first-order valence-electron chi connectivity index (χ1n) is 8.16. The predicted molar refractivity (Wildman–Crippen MR) is 90.9 cm³/mol. The van der Waals surface area contributed by atoms with Crippen LogP contribution < -0.4 is 4.74 Å². The number of carboxylic acids is 1. The number of carbonyl (C=O) groups is 1. The summed E-state index contributed by atoms with van der Waals surface area (Å²) in [7, 11) is 1.59. The fourth-order valence-electron chi connectivity index (χ4n) is 3.30. The largest absolute Gasteiger partial charge is 0.481 e. The molecule has 0 radical (unpaired) electrons. The Labute approximate surface area is 141 Å². The second-order valence-corrected chi connectivity index (χ2v) is 6.94. The molecule has 0 aromatic carbocycles. The molecule has 0 saturated carbocycles. The average Bonchev–Trinajstić information content (AvgIpc) is 3.03. The summed E-state index contributed by atoms with van der Waals surface area (Å²) in [5, 5.41) is 10.4. The summed E-state index contributed by atoms with van der Waals surface area (Å²) < 4.78 is 5.15. The number of carboxylic acid groups (broad SMARTS) is 1. The topological polar surface area (TPSA) is 75.5 Å². The van der Waals surface area contributed by atoms with Crippen molar-refractivity contribution in [3.63, 3.8) is 0 Å². The van der Waals surface area contributed by atoms with Crippen LogP contribution in [0.5, 0.6) is 5.88 Å². The monoisotopic (exact) mass is 329 g/mol. The molecule has 1 atom stereocenters. The highest BCUT2D eigenvalue weighted by atomic mass is 16.5. The first kappa shape index (κ1) is 16.6. The molecule has 0 bridgehead atoms. The number of likely N-dealkylation sites (tertiary alicyclic amines) is 1. The van der Waals surface area contributed by atoms with E-state index >= 15 is 0 Å². The number of fused-ring (bicyclic) bond motifs is 1. The summed E-state index contributed by atoms with van der Waals surface area (Å²) in [6.07, 6.45) is 2.67. The molecular formula is C18H23N3O3. The number of hydrogen-bond donors (Lipinski definition) is 1. The Morgan fingerprint density at radius 3 is 2.92 bits per heavy atom. The predicted octanol–water partition coefficient (Wildman–Crippen LogP) is 2.57. The van der Waals surface area contributed by atoms with Crippen molar-refractivity contribution in [2.75, 3.05) is 20.2 Å². The van der Waals surface area contributed by atoms with E-state index in [1.807, 2.05) is 32.0 Å². The molecule has 6 heteroatoms. The zero-order valence-electron chi connectivity index (χ0n) is 14.3. The molecule has 0 aliphatic carbocycles. The minimum atomic E-state index is -0.722. The van der Waals surface area contributed by atoms with Crippen molar-refractivity contribution in [1.29, 1.82) is 0 Å². The number of hydrogen-bond acceptors (Lipinski definition) is 5. The number of nitrogens with zero attached hydrogens (tertiary/aromatic N) is 3. The van der Waals surface area contributed by atoms with Crippen LogP contribution in [-0.4, -0.2) is 46.1 Å². The van der Waals surface area contributed by atoms with Gasteiger partial charge >= 0.3 is 5.97 Å². The number of ether oxygens (including phenoxy) is 1. The lowest BCUT2D eigenvalue weighted by molar-refractivity contribution is -0.149. The third-order valence-electron chi connectivity index (χ3n) is 5.12. The maximum atomic E-state index is 11.5. The zero-order chi connectivity index (χ0) is 17.3. The number of methoxy groups -OCH3 is 1. The summed E-state index contributed by atoms with van der Waals surface area (Å²) >= 11 is 0. The number of pyridine rings is 2. The molecule has 1 unspecified atom stereocenters. The van der Waals surface area contributed by atoms with Crippen molar-refractivity contribution in [1.82, 2.24) is 14.9 Å². The maximum absolute atomic E-state index is 11.5. The van der Waals surface area contributed by atoms with Gasteiger partial charge in [-0.1, -0.05) is 0 Å². The Morgan fingerprint density at radius 2 is 2.21 bits per heavy atom. The molecular weight excluding hydrogens is 306 g/mol. The highest BCUT2D eigenvalue weighted by Gasteiger charge is 2.40. The van der Waals surface area contributed by atoms with E-state index in [-0.39, 0.29) is 5.92 Å². The molecule has 2 aromatic heterocycles. The second-order valence-electron chi connectivity index (χ2n) is 6.94. The maximum Gasteiger partial charge on any atom is 0.309 e. The Balaban J connectivity index is 1.78. The van der Waals surface area contributed by atoms with E-state index in [2.05, 4.69) is 14.9 Å². The van der Waals surface area contributed by atoms with Gasteiger partial charge in [-0.15, -0.1) is 0 Å². The molecule has 1 aliphatic heterocycles. The molecule has 0 amide bonds. The molecule has 0 spiro atoms. The second kappa shape index (κ2) is 6.36. The van der Waals surface area contributed by atoms with Gasteiger partial charge < -0.3 is 9.84 Å². The molecule has 1 saturated heterocycles. The molecule has 6 nitrogen and oxygen atoms in total. The van der Waals surface area contributed by atoms with Crippen LogP contribution >= 0.6 is 0 Å². The van der Waals surface area contributed by atoms with Crippen LogP contribution in [0.15, 0.2) is 24.4 Å². The van der Waals surface area contributed by atoms with E-state index in [9.17, 15) is 9.90 Å². The summed E-state index contributed by atoms with van der Waals surface area (Å²) in [5.74, 6) is -0.00193. The van der Waals surface area contributed by atoms with Gasteiger partial charge in [0.25, 0.3) is 0 Å². The third kappa shape index (κ3) is 3.06. The van der Waals surface area contributed by atoms with Gasteiger partial charge in [0, 0.05) is 30.7 Å². The molecule has 3 rings (SSSR count). The van der Waals surface area contributed by atoms with Crippen molar-refractivity contribution in [3.05, 3.63) is 30.0 Å². The normalized spacial score (nSPS) is 18.9. The lowest BCUT2D eigenvalue weighted by Crippen LogP contribution is -2.34. The highest BCUT2D eigenvalue weighted by molar-refractivity contribution is 5.79. The summed E-state index contributed by atoms with van der Waals surface area (Å²) in [5.41, 5.74) is 1.14. The Kier molecular flexibility index (Phi) is 4.41. The van der Waals surface area contributed by atoms with Gasteiger partial charge in [0.05, 0.1) is 12.5 Å². The van der Waals surface area contributed by atoms with E-state index in [0.29, 0.717) is 11.5 Å². The van der Waals surface area contributed by atoms with Crippen LogP contribution in [0.2, 0.25) is 0 Å². The van der Waals surface area contributed by atoms with E-state index in [1.54, 1.807) is 13.3 Å². The molecule has 2 aromatic rings. The van der Waals surface area contributed by atoms with Crippen LogP contribution in [-0.2, 0) is 11.3 Å². The Hall–Kier alpha value is -2.21. The lowest BCUT2D eigenvalue weighted by Gasteiger charge is -2.27. The number of rotatable bonds is 5. The van der Waals surface area contributed by atoms with Crippen molar-refractivity contribution in [3.8, 4) is 5.88 Å². The van der Waals surface area contributed by atoms with Gasteiger partial charge in [-0.3, -0.25) is 9.69 Å². The summed E-state index contributed by atoms with van der Waals surface area (Å²) in [6, 6.07) is 5.83. The van der Waals surface area contributed by atoms with Gasteiger partial charge in [0.15, 0.2) is 5.65 Å². The zero-order valence-corrected chi connectivity index (χ0v) is 14.3. The minimum Gasteiger partial charge on any atom is -0.481 e. The molecule has 1 N–H and O–H groups in total. The number of aromatic nitrogens is 2.